The minimum Gasteiger partial charge on any atom is -0.469 e. The van der Waals surface area contributed by atoms with Gasteiger partial charge in [0.15, 0.2) is 0 Å². The fourth-order valence-electron chi connectivity index (χ4n) is 3.01. The van der Waals surface area contributed by atoms with Crippen LogP contribution in [0.25, 0.3) is 5.57 Å². The van der Waals surface area contributed by atoms with E-state index in [0.29, 0.717) is 0 Å². The fourth-order valence-corrected chi connectivity index (χ4v) is 3.01. The summed E-state index contributed by atoms with van der Waals surface area (Å²) >= 11 is 0. The molecule has 0 unspecified atom stereocenters. The van der Waals surface area contributed by atoms with Crippen molar-refractivity contribution in [2.45, 2.75) is 40.0 Å². The highest BCUT2D eigenvalue weighted by Gasteiger charge is 2.61. The lowest BCUT2D eigenvalue weighted by Crippen LogP contribution is -2.07. The Morgan fingerprint density at radius 2 is 2.00 bits per heavy atom. The third-order valence-corrected chi connectivity index (χ3v) is 4.75. The van der Waals surface area contributed by atoms with Crippen molar-refractivity contribution in [1.82, 2.24) is 0 Å². The Labute approximate surface area is 144 Å². The van der Waals surface area contributed by atoms with Crippen LogP contribution in [0.1, 0.15) is 45.6 Å². The van der Waals surface area contributed by atoms with Gasteiger partial charge in [0.25, 0.3) is 0 Å². The lowest BCUT2D eigenvalue weighted by Gasteiger charge is -2.02. The van der Waals surface area contributed by atoms with E-state index in [-0.39, 0.29) is 29.0 Å². The van der Waals surface area contributed by atoms with Crippen LogP contribution >= 0.6 is 0 Å². The molecule has 1 fully saturated rings. The second kappa shape index (κ2) is 7.66. The first-order chi connectivity index (χ1) is 11.4. The Hall–Kier alpha value is -2.08. The van der Waals surface area contributed by atoms with Gasteiger partial charge < -0.3 is 4.74 Å². The highest BCUT2D eigenvalue weighted by atomic mass is 19.1. The third kappa shape index (κ3) is 4.06. The van der Waals surface area contributed by atoms with Crippen molar-refractivity contribution in [1.29, 1.82) is 0 Å². The summed E-state index contributed by atoms with van der Waals surface area (Å²) in [7, 11) is 1.42. The Balaban J connectivity index is 2.30. The quantitative estimate of drug-likeness (QED) is 0.439. The largest absolute Gasteiger partial charge is 0.469 e. The number of allylic oxidation sites excluding steroid dienone is 2. The van der Waals surface area contributed by atoms with Crippen LogP contribution in [0.5, 0.6) is 0 Å². The van der Waals surface area contributed by atoms with Crippen molar-refractivity contribution >= 4 is 11.5 Å². The molecule has 0 heterocycles. The van der Waals surface area contributed by atoms with Gasteiger partial charge in [-0.3, -0.25) is 4.79 Å². The monoisotopic (exact) mass is 328 g/mol. The van der Waals surface area contributed by atoms with Crippen LogP contribution in [0.15, 0.2) is 30.3 Å². The Morgan fingerprint density at radius 3 is 2.58 bits per heavy atom. The SMILES string of the molecule is CCCCC#C/C(=C/[C@H]1[C@@H](C(=O)OC)C1(C)C)c1ccc(F)cc1. The average Bonchev–Trinajstić information content (AvgIpc) is 3.11. The lowest BCUT2D eigenvalue weighted by atomic mass is 10.0. The summed E-state index contributed by atoms with van der Waals surface area (Å²) in [5.74, 6) is 5.90. The van der Waals surface area contributed by atoms with E-state index in [2.05, 4.69) is 32.6 Å². The third-order valence-electron chi connectivity index (χ3n) is 4.75. The number of unbranched alkanes of at least 4 members (excludes halogenated alkanes) is 2. The highest BCUT2D eigenvalue weighted by molar-refractivity contribution is 5.83. The summed E-state index contributed by atoms with van der Waals surface area (Å²) in [5.41, 5.74) is 1.60. The zero-order valence-corrected chi connectivity index (χ0v) is 14.9. The van der Waals surface area contributed by atoms with Crippen LogP contribution in [0.3, 0.4) is 0 Å². The van der Waals surface area contributed by atoms with Crippen LogP contribution in [-0.4, -0.2) is 13.1 Å². The van der Waals surface area contributed by atoms with E-state index in [1.165, 1.54) is 19.2 Å². The molecule has 1 saturated carbocycles. The van der Waals surface area contributed by atoms with Crippen LogP contribution in [0.4, 0.5) is 4.39 Å². The standard InChI is InChI=1S/C21H25FO2/c1-5-6-7-8-9-16(15-10-12-17(22)13-11-15)14-18-19(20(23)24-4)21(18,2)3/h10-14,18-19H,5-7H2,1-4H3/b16-14-/t18-,19-/m0/s1. The second-order valence-corrected chi connectivity index (χ2v) is 6.84. The van der Waals surface area contributed by atoms with Crippen molar-refractivity contribution in [3.63, 3.8) is 0 Å². The van der Waals surface area contributed by atoms with Gasteiger partial charge in [-0.25, -0.2) is 4.39 Å². The van der Waals surface area contributed by atoms with E-state index >= 15 is 0 Å². The first-order valence-electron chi connectivity index (χ1n) is 8.46. The minimum atomic E-state index is -0.267. The molecule has 0 saturated heterocycles. The number of esters is 1. The van der Waals surface area contributed by atoms with Crippen molar-refractivity contribution < 1.29 is 13.9 Å². The molecule has 128 valence electrons. The highest BCUT2D eigenvalue weighted by Crippen LogP contribution is 2.60. The molecule has 1 aromatic carbocycles. The Bertz CT molecular complexity index is 674. The number of rotatable bonds is 5. The molecule has 0 bridgehead atoms. The maximum Gasteiger partial charge on any atom is 0.309 e. The van der Waals surface area contributed by atoms with Crippen molar-refractivity contribution in [2.75, 3.05) is 7.11 Å². The van der Waals surface area contributed by atoms with E-state index < -0.39 is 0 Å². The molecule has 0 spiro atoms. The molecule has 1 aliphatic rings. The van der Waals surface area contributed by atoms with Gasteiger partial charge in [-0.15, -0.1) is 0 Å². The molecule has 3 heteroatoms. The molecular weight excluding hydrogens is 303 g/mol. The maximum absolute atomic E-state index is 13.2. The second-order valence-electron chi connectivity index (χ2n) is 6.84. The zero-order valence-electron chi connectivity index (χ0n) is 14.9. The molecule has 24 heavy (non-hydrogen) atoms. The molecule has 0 aliphatic heterocycles. The van der Waals surface area contributed by atoms with E-state index in [1.54, 1.807) is 12.1 Å². The molecule has 1 aromatic rings. The molecule has 0 aromatic heterocycles. The zero-order chi connectivity index (χ0) is 17.7. The van der Waals surface area contributed by atoms with E-state index in [0.717, 1.165) is 30.4 Å². The van der Waals surface area contributed by atoms with Gasteiger partial charge in [-0.05, 0) is 35.4 Å². The maximum atomic E-state index is 13.2. The number of benzene rings is 1. The Morgan fingerprint density at radius 1 is 1.33 bits per heavy atom. The predicted octanol–water partition coefficient (Wildman–Crippen LogP) is 4.85. The van der Waals surface area contributed by atoms with Gasteiger partial charge in [-0.1, -0.05) is 57.2 Å². The summed E-state index contributed by atoms with van der Waals surface area (Å²) < 4.78 is 18.1. The average molecular weight is 328 g/mol. The first kappa shape index (κ1) is 18.3. The van der Waals surface area contributed by atoms with Gasteiger partial charge in [0, 0.05) is 12.0 Å². The molecule has 0 radical (unpaired) electrons. The van der Waals surface area contributed by atoms with Gasteiger partial charge >= 0.3 is 5.97 Å². The minimum absolute atomic E-state index is 0.0884. The van der Waals surface area contributed by atoms with Gasteiger partial charge in [0.05, 0.1) is 13.0 Å². The molecular formula is C21H25FO2. The summed E-state index contributed by atoms with van der Waals surface area (Å²) in [6.07, 6.45) is 5.05. The van der Waals surface area contributed by atoms with Crippen molar-refractivity contribution in [3.05, 3.63) is 41.7 Å². The predicted molar refractivity (Wildman–Crippen MR) is 94.5 cm³/mol. The van der Waals surface area contributed by atoms with E-state index in [1.807, 2.05) is 6.08 Å². The summed E-state index contributed by atoms with van der Waals surface area (Å²) in [6, 6.07) is 6.34. The smallest absolute Gasteiger partial charge is 0.309 e. The normalized spacial score (nSPS) is 21.6. The van der Waals surface area contributed by atoms with Gasteiger partial charge in [0.2, 0.25) is 0 Å². The van der Waals surface area contributed by atoms with E-state index in [9.17, 15) is 9.18 Å². The molecule has 1 aliphatic carbocycles. The van der Waals surface area contributed by atoms with Crippen LogP contribution in [0, 0.1) is 34.9 Å². The summed E-state index contributed by atoms with van der Waals surface area (Å²) in [5, 5.41) is 0. The summed E-state index contributed by atoms with van der Waals surface area (Å²) in [4.78, 5) is 11.9. The van der Waals surface area contributed by atoms with E-state index in [4.69, 9.17) is 4.74 Å². The Kier molecular flexibility index (Phi) is 5.83. The molecule has 2 atom stereocenters. The lowest BCUT2D eigenvalue weighted by molar-refractivity contribution is -0.143. The van der Waals surface area contributed by atoms with Crippen LogP contribution < -0.4 is 0 Å². The first-order valence-corrected chi connectivity index (χ1v) is 8.46. The number of methoxy groups -OCH3 is 1. The van der Waals surface area contributed by atoms with Crippen molar-refractivity contribution in [3.8, 4) is 11.8 Å². The van der Waals surface area contributed by atoms with Crippen LogP contribution in [0.2, 0.25) is 0 Å². The topological polar surface area (TPSA) is 26.3 Å². The molecule has 2 nitrogen and oxygen atoms in total. The van der Waals surface area contributed by atoms with Gasteiger partial charge in [-0.2, -0.15) is 0 Å². The molecule has 2 rings (SSSR count). The number of hydrogen-bond donors (Lipinski definition) is 0. The number of hydrogen-bond acceptors (Lipinski definition) is 2. The number of ether oxygens (including phenoxy) is 1. The van der Waals surface area contributed by atoms with Crippen LogP contribution in [-0.2, 0) is 9.53 Å². The number of carbonyl (C=O) groups is 1. The number of carbonyl (C=O) groups excluding carboxylic acids is 1. The van der Waals surface area contributed by atoms with Gasteiger partial charge in [0.1, 0.15) is 5.82 Å². The number of halogens is 1. The fraction of sp³-hybridized carbons (Fsp3) is 0.476. The molecule has 0 N–H and O–H groups in total. The van der Waals surface area contributed by atoms with Crippen molar-refractivity contribution in [2.24, 2.45) is 17.3 Å². The molecule has 0 amide bonds. The summed E-state index contributed by atoms with van der Waals surface area (Å²) in [6.45, 7) is 6.25.